The van der Waals surface area contributed by atoms with Crippen molar-refractivity contribution in [3.05, 3.63) is 0 Å². The summed E-state index contributed by atoms with van der Waals surface area (Å²) in [7, 11) is 1.58. The van der Waals surface area contributed by atoms with E-state index in [1.54, 1.807) is 7.11 Å². The van der Waals surface area contributed by atoms with Crippen LogP contribution < -0.4 is 0 Å². The molecule has 2 aliphatic rings. The largest absolute Gasteiger partial charge is 0.390 e. The molecule has 2 fully saturated rings. The lowest BCUT2D eigenvalue weighted by Crippen LogP contribution is -2.19. The van der Waals surface area contributed by atoms with Crippen LogP contribution in [-0.2, 0) is 14.2 Å². The maximum absolute atomic E-state index is 9.26. The van der Waals surface area contributed by atoms with Gasteiger partial charge in [0.2, 0.25) is 0 Å². The fraction of sp³-hybridized carbons (Fsp3) is 1.00. The van der Waals surface area contributed by atoms with Crippen LogP contribution in [0.4, 0.5) is 0 Å². The zero-order valence-electron chi connectivity index (χ0n) is 6.40. The Kier molecular flexibility index (Phi) is 1.85. The molecule has 1 aliphatic carbocycles. The van der Waals surface area contributed by atoms with Gasteiger partial charge in [-0.2, -0.15) is 0 Å². The van der Waals surface area contributed by atoms with Crippen molar-refractivity contribution < 1.29 is 19.3 Å². The molecule has 4 heteroatoms. The second kappa shape index (κ2) is 2.71. The van der Waals surface area contributed by atoms with Gasteiger partial charge in [0, 0.05) is 13.5 Å². The second-order valence-corrected chi connectivity index (χ2v) is 2.98. The molecule has 1 saturated carbocycles. The van der Waals surface area contributed by atoms with Crippen molar-refractivity contribution in [2.45, 2.75) is 30.8 Å². The predicted molar refractivity (Wildman–Crippen MR) is 36.0 cm³/mol. The summed E-state index contributed by atoms with van der Waals surface area (Å²) >= 11 is 0. The summed E-state index contributed by atoms with van der Waals surface area (Å²) < 4.78 is 15.2. The Morgan fingerprint density at radius 3 is 2.82 bits per heavy atom. The first kappa shape index (κ1) is 7.49. The number of aliphatic hydroxyl groups excluding tert-OH is 1. The van der Waals surface area contributed by atoms with Crippen molar-refractivity contribution in [2.75, 3.05) is 13.9 Å². The molecule has 0 amide bonds. The highest BCUT2D eigenvalue weighted by Gasteiger charge is 2.56. The molecule has 0 unspecified atom stereocenters. The summed E-state index contributed by atoms with van der Waals surface area (Å²) in [4.78, 5) is 0. The molecular formula is C7H12O4. The van der Waals surface area contributed by atoms with E-state index in [4.69, 9.17) is 14.2 Å². The SMILES string of the molecule is COCO[C@H]1C[C@H](O)[C@@H]2O[C@@H]21. The fourth-order valence-electron chi connectivity index (χ4n) is 1.57. The highest BCUT2D eigenvalue weighted by Crippen LogP contribution is 2.40. The fourth-order valence-corrected chi connectivity index (χ4v) is 1.57. The van der Waals surface area contributed by atoms with E-state index in [9.17, 15) is 5.11 Å². The number of aliphatic hydroxyl groups is 1. The topological polar surface area (TPSA) is 51.2 Å². The summed E-state index contributed by atoms with van der Waals surface area (Å²) in [6.07, 6.45) is 0.549. The molecule has 4 atom stereocenters. The zero-order chi connectivity index (χ0) is 7.84. The lowest BCUT2D eigenvalue weighted by molar-refractivity contribution is -0.0894. The third kappa shape index (κ3) is 1.27. The molecule has 0 aromatic carbocycles. The van der Waals surface area contributed by atoms with E-state index in [0.717, 1.165) is 0 Å². The number of rotatable bonds is 3. The Bertz CT molecular complexity index is 149. The molecule has 2 rings (SSSR count). The minimum atomic E-state index is -0.332. The van der Waals surface area contributed by atoms with Crippen LogP contribution in [-0.4, -0.2) is 43.4 Å². The van der Waals surface area contributed by atoms with Crippen molar-refractivity contribution in [3.8, 4) is 0 Å². The number of epoxide rings is 1. The van der Waals surface area contributed by atoms with Crippen LogP contribution in [0, 0.1) is 0 Å². The molecule has 4 nitrogen and oxygen atoms in total. The number of ether oxygens (including phenoxy) is 3. The summed E-state index contributed by atoms with van der Waals surface area (Å²) in [5.41, 5.74) is 0. The Morgan fingerprint density at radius 2 is 2.36 bits per heavy atom. The van der Waals surface area contributed by atoms with E-state index >= 15 is 0 Å². The third-order valence-corrected chi connectivity index (χ3v) is 2.18. The van der Waals surface area contributed by atoms with Crippen LogP contribution in [0.5, 0.6) is 0 Å². The normalized spacial score (nSPS) is 47.5. The summed E-state index contributed by atoms with van der Waals surface area (Å²) in [6.45, 7) is 0.282. The van der Waals surface area contributed by atoms with Crippen LogP contribution in [0.15, 0.2) is 0 Å². The van der Waals surface area contributed by atoms with Crippen molar-refractivity contribution >= 4 is 0 Å². The van der Waals surface area contributed by atoms with Gasteiger partial charge in [-0.25, -0.2) is 0 Å². The van der Waals surface area contributed by atoms with Gasteiger partial charge in [-0.15, -0.1) is 0 Å². The maximum atomic E-state index is 9.26. The maximum Gasteiger partial charge on any atom is 0.146 e. The summed E-state index contributed by atoms with van der Waals surface area (Å²) in [6, 6.07) is 0. The van der Waals surface area contributed by atoms with E-state index in [-0.39, 0.29) is 31.2 Å². The van der Waals surface area contributed by atoms with Gasteiger partial charge in [-0.05, 0) is 0 Å². The van der Waals surface area contributed by atoms with Gasteiger partial charge in [0.05, 0.1) is 12.2 Å². The van der Waals surface area contributed by atoms with E-state index in [1.165, 1.54) is 0 Å². The number of fused-ring (bicyclic) bond motifs is 1. The highest BCUT2D eigenvalue weighted by molar-refractivity contribution is 5.04. The molecule has 0 radical (unpaired) electrons. The first-order chi connectivity index (χ1) is 5.33. The minimum Gasteiger partial charge on any atom is -0.390 e. The molecule has 11 heavy (non-hydrogen) atoms. The van der Waals surface area contributed by atoms with Crippen molar-refractivity contribution in [1.82, 2.24) is 0 Å². The van der Waals surface area contributed by atoms with Crippen LogP contribution in [0.1, 0.15) is 6.42 Å². The van der Waals surface area contributed by atoms with Gasteiger partial charge < -0.3 is 19.3 Å². The van der Waals surface area contributed by atoms with Gasteiger partial charge >= 0.3 is 0 Å². The van der Waals surface area contributed by atoms with Gasteiger partial charge in [0.25, 0.3) is 0 Å². The Labute approximate surface area is 65.1 Å². The average molecular weight is 160 g/mol. The van der Waals surface area contributed by atoms with E-state index in [0.29, 0.717) is 6.42 Å². The van der Waals surface area contributed by atoms with Gasteiger partial charge in [0.1, 0.15) is 19.0 Å². The molecule has 0 aromatic rings. The van der Waals surface area contributed by atoms with Crippen molar-refractivity contribution in [2.24, 2.45) is 0 Å². The van der Waals surface area contributed by atoms with Crippen LogP contribution in [0.3, 0.4) is 0 Å². The molecule has 0 spiro atoms. The quantitative estimate of drug-likeness (QED) is 0.447. The summed E-state index contributed by atoms with van der Waals surface area (Å²) in [5.74, 6) is 0. The molecule has 0 bridgehead atoms. The van der Waals surface area contributed by atoms with E-state index in [2.05, 4.69) is 0 Å². The minimum absolute atomic E-state index is 0.0370. The van der Waals surface area contributed by atoms with Crippen molar-refractivity contribution in [3.63, 3.8) is 0 Å². The Hall–Kier alpha value is -0.160. The summed E-state index contributed by atoms with van der Waals surface area (Å²) in [5, 5.41) is 9.26. The Balaban J connectivity index is 1.78. The molecule has 1 saturated heterocycles. The average Bonchev–Trinajstić information content (AvgIpc) is 2.71. The third-order valence-electron chi connectivity index (χ3n) is 2.18. The van der Waals surface area contributed by atoms with Crippen LogP contribution in [0.2, 0.25) is 0 Å². The van der Waals surface area contributed by atoms with Crippen LogP contribution >= 0.6 is 0 Å². The van der Waals surface area contributed by atoms with E-state index in [1.807, 2.05) is 0 Å². The van der Waals surface area contributed by atoms with Gasteiger partial charge in [-0.3, -0.25) is 0 Å². The van der Waals surface area contributed by atoms with Crippen molar-refractivity contribution in [1.29, 1.82) is 0 Å². The zero-order valence-corrected chi connectivity index (χ0v) is 6.40. The lowest BCUT2D eigenvalue weighted by Gasteiger charge is -2.12. The first-order valence-corrected chi connectivity index (χ1v) is 3.77. The number of hydrogen-bond donors (Lipinski definition) is 1. The van der Waals surface area contributed by atoms with E-state index < -0.39 is 0 Å². The standard InChI is InChI=1S/C7H12O4/c1-9-3-10-5-2-4(8)6-7(5)11-6/h4-8H,2-3H2,1H3/t4-,5-,6-,7+/m0/s1. The molecule has 1 N–H and O–H groups in total. The monoisotopic (exact) mass is 160 g/mol. The smallest absolute Gasteiger partial charge is 0.146 e. The number of methoxy groups -OCH3 is 1. The molecule has 1 aliphatic heterocycles. The first-order valence-electron chi connectivity index (χ1n) is 3.77. The van der Waals surface area contributed by atoms with Gasteiger partial charge in [-0.1, -0.05) is 0 Å². The molecule has 0 aromatic heterocycles. The predicted octanol–water partition coefficient (Wildman–Crippen LogP) is -0.492. The van der Waals surface area contributed by atoms with Crippen LogP contribution in [0.25, 0.3) is 0 Å². The molecule has 64 valence electrons. The number of hydrogen-bond acceptors (Lipinski definition) is 4. The Morgan fingerprint density at radius 1 is 1.55 bits per heavy atom. The lowest BCUT2D eigenvalue weighted by atomic mass is 10.3. The highest BCUT2D eigenvalue weighted by atomic mass is 16.7. The van der Waals surface area contributed by atoms with Gasteiger partial charge in [0.15, 0.2) is 0 Å². The molecule has 1 heterocycles. The molecular weight excluding hydrogens is 148 g/mol. The second-order valence-electron chi connectivity index (χ2n) is 2.98.